The average Bonchev–Trinajstić information content (AvgIpc) is 1.87. The summed E-state index contributed by atoms with van der Waals surface area (Å²) < 4.78 is 0. The molecule has 0 aliphatic heterocycles. The lowest BCUT2D eigenvalue weighted by atomic mass is 9.74. The molecule has 0 spiro atoms. The molecule has 0 heterocycles. The maximum atomic E-state index is 5.50. The summed E-state index contributed by atoms with van der Waals surface area (Å²) in [6, 6.07) is 0. The van der Waals surface area contributed by atoms with Crippen molar-refractivity contribution in [1.82, 2.24) is 0 Å². The van der Waals surface area contributed by atoms with Gasteiger partial charge in [-0.05, 0) is 12.5 Å². The van der Waals surface area contributed by atoms with Crippen molar-refractivity contribution in [2.75, 3.05) is 6.54 Å². The van der Waals surface area contributed by atoms with E-state index in [2.05, 4.69) is 21.7 Å². The Morgan fingerprint density at radius 1 is 1.56 bits per heavy atom. The van der Waals surface area contributed by atoms with E-state index in [-0.39, 0.29) is 0 Å². The lowest BCUT2D eigenvalue weighted by Crippen LogP contribution is -2.16. The maximum absolute atomic E-state index is 5.50. The van der Waals surface area contributed by atoms with Crippen LogP contribution in [-0.4, -0.2) is 14.4 Å². The molecule has 0 bridgehead atoms. The highest BCUT2D eigenvalue weighted by molar-refractivity contribution is 6.11. The van der Waals surface area contributed by atoms with Crippen LogP contribution in [0.3, 0.4) is 0 Å². The molecule has 0 radical (unpaired) electrons. The summed E-state index contributed by atoms with van der Waals surface area (Å²) in [5.74, 6) is 1.50. The van der Waals surface area contributed by atoms with Gasteiger partial charge in [0.25, 0.3) is 0 Å². The van der Waals surface area contributed by atoms with Gasteiger partial charge in [0.05, 0.1) is 0 Å². The monoisotopic (exact) mass is 127 g/mol. The number of nitrogens with two attached hydrogens (primary N) is 1. The molecule has 0 aromatic carbocycles. The molecule has 9 heavy (non-hydrogen) atoms. The Labute approximate surface area is 59.4 Å². The smallest absolute Gasteiger partial charge is 0.105 e. The molecule has 0 fully saturated rings. The van der Waals surface area contributed by atoms with Crippen molar-refractivity contribution in [3.05, 3.63) is 0 Å². The summed E-state index contributed by atoms with van der Waals surface area (Å²) in [5, 5.41) is 0. The summed E-state index contributed by atoms with van der Waals surface area (Å²) in [6.45, 7) is 5.28. The maximum Gasteiger partial charge on any atom is 0.105 e. The Morgan fingerprint density at radius 2 is 2.11 bits per heavy atom. The molecular formula is C7H18BN. The highest BCUT2D eigenvalue weighted by Crippen LogP contribution is 2.18. The molecule has 0 aliphatic rings. The lowest BCUT2D eigenvalue weighted by Gasteiger charge is -2.16. The van der Waals surface area contributed by atoms with Gasteiger partial charge < -0.3 is 5.73 Å². The van der Waals surface area contributed by atoms with E-state index in [1.807, 2.05) is 0 Å². The van der Waals surface area contributed by atoms with Gasteiger partial charge in [-0.1, -0.05) is 32.5 Å². The third-order valence-corrected chi connectivity index (χ3v) is 2.09. The number of hydrogen-bond acceptors (Lipinski definition) is 1. The predicted molar refractivity (Wildman–Crippen MR) is 45.4 cm³/mol. The van der Waals surface area contributed by atoms with Crippen molar-refractivity contribution in [3.8, 4) is 0 Å². The van der Waals surface area contributed by atoms with Gasteiger partial charge in [0.2, 0.25) is 0 Å². The van der Waals surface area contributed by atoms with Gasteiger partial charge in [-0.3, -0.25) is 0 Å². The van der Waals surface area contributed by atoms with Gasteiger partial charge in [0, 0.05) is 0 Å². The molecule has 0 aliphatic carbocycles. The molecule has 2 heteroatoms. The van der Waals surface area contributed by atoms with Crippen molar-refractivity contribution < 1.29 is 0 Å². The molecular weight excluding hydrogens is 109 g/mol. The molecule has 0 aromatic heterocycles. The SMILES string of the molecule is BC(CCC)C(C)CN. The fourth-order valence-corrected chi connectivity index (χ4v) is 0.972. The van der Waals surface area contributed by atoms with E-state index in [9.17, 15) is 0 Å². The molecule has 0 rings (SSSR count). The summed E-state index contributed by atoms with van der Waals surface area (Å²) in [5.41, 5.74) is 5.50. The predicted octanol–water partition coefficient (Wildman–Crippen LogP) is 0.803. The van der Waals surface area contributed by atoms with Gasteiger partial charge in [-0.2, -0.15) is 0 Å². The fraction of sp³-hybridized carbons (Fsp3) is 1.00. The van der Waals surface area contributed by atoms with Gasteiger partial charge in [-0.15, -0.1) is 0 Å². The van der Waals surface area contributed by atoms with Crippen LogP contribution in [0, 0.1) is 5.92 Å². The van der Waals surface area contributed by atoms with E-state index >= 15 is 0 Å². The van der Waals surface area contributed by atoms with E-state index in [0.29, 0.717) is 5.92 Å². The normalized spacial score (nSPS) is 17.2. The molecule has 2 atom stereocenters. The van der Waals surface area contributed by atoms with Crippen LogP contribution in [0.2, 0.25) is 5.82 Å². The molecule has 2 unspecified atom stereocenters. The number of hydrogen-bond donors (Lipinski definition) is 1. The van der Waals surface area contributed by atoms with Crippen LogP contribution in [0.1, 0.15) is 26.7 Å². The van der Waals surface area contributed by atoms with E-state index in [4.69, 9.17) is 5.73 Å². The standard InChI is InChI=1S/C7H18BN/c1-3-4-7(8)6(2)5-9/h6-7H,3-5,8-9H2,1-2H3. The first kappa shape index (κ1) is 9.02. The Balaban J connectivity index is 3.32. The van der Waals surface area contributed by atoms with Crippen molar-refractivity contribution in [2.45, 2.75) is 32.5 Å². The third-order valence-electron chi connectivity index (χ3n) is 2.09. The lowest BCUT2D eigenvalue weighted by molar-refractivity contribution is 0.516. The molecule has 0 saturated carbocycles. The Hall–Kier alpha value is 0.0249. The molecule has 2 N–H and O–H groups in total. The van der Waals surface area contributed by atoms with E-state index in [1.54, 1.807) is 0 Å². The van der Waals surface area contributed by atoms with Crippen LogP contribution >= 0.6 is 0 Å². The zero-order chi connectivity index (χ0) is 7.28. The van der Waals surface area contributed by atoms with Crippen molar-refractivity contribution >= 4 is 7.85 Å². The Kier molecular flexibility index (Phi) is 4.88. The minimum atomic E-state index is 0.699. The zero-order valence-electron chi connectivity index (χ0n) is 6.85. The van der Waals surface area contributed by atoms with Gasteiger partial charge in [0.15, 0.2) is 0 Å². The van der Waals surface area contributed by atoms with Crippen molar-refractivity contribution in [2.24, 2.45) is 11.7 Å². The van der Waals surface area contributed by atoms with Gasteiger partial charge in [0.1, 0.15) is 7.85 Å². The molecule has 0 amide bonds. The van der Waals surface area contributed by atoms with Gasteiger partial charge >= 0.3 is 0 Å². The summed E-state index contributed by atoms with van der Waals surface area (Å²) in [6.07, 6.45) is 2.60. The van der Waals surface area contributed by atoms with E-state index in [1.165, 1.54) is 12.8 Å². The van der Waals surface area contributed by atoms with Crippen LogP contribution in [0.15, 0.2) is 0 Å². The van der Waals surface area contributed by atoms with Crippen LogP contribution in [0.4, 0.5) is 0 Å². The molecule has 0 saturated heterocycles. The van der Waals surface area contributed by atoms with Crippen molar-refractivity contribution in [3.63, 3.8) is 0 Å². The van der Waals surface area contributed by atoms with Crippen LogP contribution < -0.4 is 5.73 Å². The zero-order valence-corrected chi connectivity index (χ0v) is 6.85. The van der Waals surface area contributed by atoms with E-state index in [0.717, 1.165) is 12.4 Å². The summed E-state index contributed by atoms with van der Waals surface area (Å²) in [4.78, 5) is 0. The molecule has 54 valence electrons. The quantitative estimate of drug-likeness (QED) is 0.555. The average molecular weight is 127 g/mol. The third kappa shape index (κ3) is 3.58. The van der Waals surface area contributed by atoms with E-state index < -0.39 is 0 Å². The van der Waals surface area contributed by atoms with Crippen LogP contribution in [-0.2, 0) is 0 Å². The summed E-state index contributed by atoms with van der Waals surface area (Å²) >= 11 is 0. The highest BCUT2D eigenvalue weighted by atomic mass is 14.5. The largest absolute Gasteiger partial charge is 0.330 e. The second kappa shape index (κ2) is 4.86. The topological polar surface area (TPSA) is 26.0 Å². The van der Waals surface area contributed by atoms with Crippen molar-refractivity contribution in [1.29, 1.82) is 0 Å². The first-order valence-electron chi connectivity index (χ1n) is 3.92. The van der Waals surface area contributed by atoms with Crippen LogP contribution in [0.25, 0.3) is 0 Å². The fourth-order valence-electron chi connectivity index (χ4n) is 0.972. The highest BCUT2D eigenvalue weighted by Gasteiger charge is 2.07. The second-order valence-electron chi connectivity index (χ2n) is 2.98. The number of rotatable bonds is 4. The second-order valence-corrected chi connectivity index (χ2v) is 2.98. The first-order chi connectivity index (χ1) is 4.22. The molecule has 0 aromatic rings. The Morgan fingerprint density at radius 3 is 2.44 bits per heavy atom. The minimum Gasteiger partial charge on any atom is -0.330 e. The van der Waals surface area contributed by atoms with Gasteiger partial charge in [-0.25, -0.2) is 0 Å². The molecule has 1 nitrogen and oxygen atoms in total. The first-order valence-corrected chi connectivity index (χ1v) is 3.92. The van der Waals surface area contributed by atoms with Crippen LogP contribution in [0.5, 0.6) is 0 Å². The Bertz CT molecular complexity index is 65.9. The summed E-state index contributed by atoms with van der Waals surface area (Å²) in [7, 11) is 2.28. The minimum absolute atomic E-state index is 0.699.